The lowest BCUT2D eigenvalue weighted by molar-refractivity contribution is 0.352. The zero-order valence-electron chi connectivity index (χ0n) is 12.2. The lowest BCUT2D eigenvalue weighted by Crippen LogP contribution is -2.43. The van der Waals surface area contributed by atoms with Crippen LogP contribution in [0.1, 0.15) is 25.3 Å². The quantitative estimate of drug-likeness (QED) is 0.803. The average Bonchev–Trinajstić information content (AvgIpc) is 2.41. The maximum Gasteiger partial charge on any atom is 0.186 e. The molecule has 2 unspecified atom stereocenters. The van der Waals surface area contributed by atoms with E-state index in [-0.39, 0.29) is 18.4 Å². The molecule has 0 saturated heterocycles. The van der Waals surface area contributed by atoms with Crippen LogP contribution in [0.4, 0.5) is 8.78 Å². The van der Waals surface area contributed by atoms with Gasteiger partial charge in [-0.2, -0.15) is 5.26 Å². The smallest absolute Gasteiger partial charge is 0.186 e. The zero-order valence-corrected chi connectivity index (χ0v) is 14.6. The van der Waals surface area contributed by atoms with Gasteiger partial charge >= 0.3 is 0 Å². The maximum absolute atomic E-state index is 13.9. The van der Waals surface area contributed by atoms with Crippen LogP contribution >= 0.6 is 15.9 Å². The van der Waals surface area contributed by atoms with E-state index in [0.717, 1.165) is 6.26 Å². The molecule has 0 aromatic heterocycles. The highest BCUT2D eigenvalue weighted by Crippen LogP contribution is 2.33. The molecule has 0 aliphatic heterocycles. The van der Waals surface area contributed by atoms with Gasteiger partial charge in [-0.3, -0.25) is 0 Å². The predicted molar refractivity (Wildman–Crippen MR) is 84.0 cm³/mol. The molecule has 4 nitrogen and oxygen atoms in total. The summed E-state index contributed by atoms with van der Waals surface area (Å²) in [6.07, 6.45) is 0.423. The summed E-state index contributed by atoms with van der Waals surface area (Å²) in [6, 6.07) is 5.76. The van der Waals surface area contributed by atoms with Gasteiger partial charge in [0.15, 0.2) is 14.6 Å². The van der Waals surface area contributed by atoms with Crippen LogP contribution in [0.25, 0.3) is 0 Å². The van der Waals surface area contributed by atoms with Gasteiger partial charge in [-0.05, 0) is 38.0 Å². The molecule has 8 heteroatoms. The average molecular weight is 395 g/mol. The molecule has 1 rings (SSSR count). The third kappa shape index (κ3) is 3.83. The van der Waals surface area contributed by atoms with Crippen molar-refractivity contribution >= 4 is 25.8 Å². The van der Waals surface area contributed by atoms with E-state index < -0.39 is 32.6 Å². The zero-order chi connectivity index (χ0) is 17.2. The molecule has 0 spiro atoms. The van der Waals surface area contributed by atoms with Gasteiger partial charge in [-0.15, -0.1) is 0 Å². The minimum atomic E-state index is -3.94. The lowest BCUT2D eigenvalue weighted by atomic mass is 9.85. The van der Waals surface area contributed by atoms with Crippen LogP contribution in [0.3, 0.4) is 0 Å². The Kier molecular flexibility index (Phi) is 5.71. The van der Waals surface area contributed by atoms with Gasteiger partial charge in [-0.25, -0.2) is 17.2 Å². The number of sulfone groups is 1. The molecular formula is C14H17BrF2N2O2S. The number of hydrogen-bond acceptors (Lipinski definition) is 4. The number of nitrogens with zero attached hydrogens (tertiary/aromatic N) is 1. The van der Waals surface area contributed by atoms with Crippen molar-refractivity contribution in [2.24, 2.45) is 5.73 Å². The number of benzene rings is 1. The highest BCUT2D eigenvalue weighted by molar-refractivity contribution is 9.10. The molecule has 0 radical (unpaired) electrons. The van der Waals surface area contributed by atoms with Crippen molar-refractivity contribution < 1.29 is 17.2 Å². The summed E-state index contributed by atoms with van der Waals surface area (Å²) in [5.41, 5.74) is 5.01. The van der Waals surface area contributed by atoms with Crippen LogP contribution in [-0.2, 0) is 15.4 Å². The Morgan fingerprint density at radius 3 is 2.45 bits per heavy atom. The number of rotatable bonds is 6. The maximum atomic E-state index is 13.9. The van der Waals surface area contributed by atoms with Crippen molar-refractivity contribution in [3.05, 3.63) is 34.1 Å². The SMILES string of the molecule is CC(N)(CCC(C#N)(CF)S(C)(=O)=O)c1cc(Br)ccc1F. The Morgan fingerprint density at radius 1 is 1.41 bits per heavy atom. The van der Waals surface area contributed by atoms with E-state index in [4.69, 9.17) is 11.0 Å². The fraction of sp³-hybridized carbons (Fsp3) is 0.500. The van der Waals surface area contributed by atoms with Gasteiger partial charge in [0, 0.05) is 21.8 Å². The fourth-order valence-corrected chi connectivity index (χ4v) is 3.25. The Bertz CT molecular complexity index is 701. The third-order valence-corrected chi connectivity index (χ3v) is 6.04. The Morgan fingerprint density at radius 2 is 2.00 bits per heavy atom. The van der Waals surface area contributed by atoms with E-state index in [1.54, 1.807) is 0 Å². The first-order valence-electron chi connectivity index (χ1n) is 6.40. The molecule has 22 heavy (non-hydrogen) atoms. The first-order valence-corrected chi connectivity index (χ1v) is 9.09. The Hall–Kier alpha value is -1.04. The second-order valence-electron chi connectivity index (χ2n) is 5.55. The van der Waals surface area contributed by atoms with Crippen LogP contribution in [0, 0.1) is 17.1 Å². The van der Waals surface area contributed by atoms with Crippen LogP contribution in [-0.4, -0.2) is 26.1 Å². The monoisotopic (exact) mass is 394 g/mol. The molecular weight excluding hydrogens is 378 g/mol. The Labute approximate surface area is 137 Å². The molecule has 2 atom stereocenters. The molecule has 0 aliphatic rings. The fourth-order valence-electron chi connectivity index (χ4n) is 2.05. The Balaban J connectivity index is 3.13. The number of halogens is 3. The number of hydrogen-bond donors (Lipinski definition) is 1. The molecule has 0 amide bonds. The molecule has 0 saturated carbocycles. The normalized spacial score (nSPS) is 17.3. The highest BCUT2D eigenvalue weighted by atomic mass is 79.9. The molecule has 2 N–H and O–H groups in total. The summed E-state index contributed by atoms with van der Waals surface area (Å²) in [5, 5.41) is 9.09. The predicted octanol–water partition coefficient (Wildman–Crippen LogP) is 2.82. The lowest BCUT2D eigenvalue weighted by Gasteiger charge is -2.30. The van der Waals surface area contributed by atoms with E-state index in [1.807, 2.05) is 0 Å². The van der Waals surface area contributed by atoms with Gasteiger partial charge < -0.3 is 5.73 Å². The van der Waals surface area contributed by atoms with Crippen molar-refractivity contribution in [2.45, 2.75) is 30.1 Å². The van der Waals surface area contributed by atoms with E-state index in [9.17, 15) is 17.2 Å². The van der Waals surface area contributed by atoms with Crippen LogP contribution in [0.15, 0.2) is 22.7 Å². The largest absolute Gasteiger partial charge is 0.322 e. The highest BCUT2D eigenvalue weighted by Gasteiger charge is 2.43. The van der Waals surface area contributed by atoms with Crippen LogP contribution in [0.5, 0.6) is 0 Å². The van der Waals surface area contributed by atoms with Gasteiger partial charge in [0.05, 0.1) is 6.07 Å². The van der Waals surface area contributed by atoms with E-state index >= 15 is 0 Å². The molecule has 0 heterocycles. The number of alkyl halides is 1. The molecule has 0 fully saturated rings. The minimum absolute atomic E-state index is 0.0646. The van der Waals surface area contributed by atoms with E-state index in [2.05, 4.69) is 15.9 Å². The first-order chi connectivity index (χ1) is 9.99. The summed E-state index contributed by atoms with van der Waals surface area (Å²) < 4.78 is 49.0. The van der Waals surface area contributed by atoms with Crippen molar-refractivity contribution in [3.63, 3.8) is 0 Å². The van der Waals surface area contributed by atoms with Crippen LogP contribution < -0.4 is 5.73 Å². The minimum Gasteiger partial charge on any atom is -0.322 e. The molecule has 0 bridgehead atoms. The summed E-state index contributed by atoms with van der Waals surface area (Å²) in [4.78, 5) is 0. The van der Waals surface area contributed by atoms with Gasteiger partial charge in [0.25, 0.3) is 0 Å². The molecule has 1 aromatic rings. The van der Waals surface area contributed by atoms with Gasteiger partial charge in [-0.1, -0.05) is 15.9 Å². The van der Waals surface area contributed by atoms with Crippen molar-refractivity contribution in [2.75, 3.05) is 12.9 Å². The number of nitriles is 1. The molecule has 122 valence electrons. The standard InChI is InChI=1S/C14H17BrF2N2O2S/c1-13(19,11-7-10(15)3-4-12(11)17)5-6-14(8-16,9-18)22(2,20)21/h3-4,7H,5-6,8,19H2,1-2H3. The van der Waals surface area contributed by atoms with Gasteiger partial charge in [0.2, 0.25) is 0 Å². The second-order valence-corrected chi connectivity index (χ2v) is 8.80. The van der Waals surface area contributed by atoms with E-state index in [1.165, 1.54) is 31.2 Å². The summed E-state index contributed by atoms with van der Waals surface area (Å²) in [6.45, 7) is 0.180. The molecule has 0 aliphatic carbocycles. The summed E-state index contributed by atoms with van der Waals surface area (Å²) in [5.74, 6) is -0.546. The topological polar surface area (TPSA) is 83.9 Å². The summed E-state index contributed by atoms with van der Waals surface area (Å²) in [7, 11) is -3.94. The first kappa shape index (κ1) is 19.0. The number of nitrogens with two attached hydrogens (primary N) is 1. The second kappa shape index (κ2) is 6.60. The van der Waals surface area contributed by atoms with Crippen molar-refractivity contribution in [3.8, 4) is 6.07 Å². The third-order valence-electron chi connectivity index (χ3n) is 3.72. The van der Waals surface area contributed by atoms with Gasteiger partial charge in [0.1, 0.15) is 12.5 Å². The summed E-state index contributed by atoms with van der Waals surface area (Å²) >= 11 is 3.21. The van der Waals surface area contributed by atoms with Crippen LogP contribution in [0.2, 0.25) is 0 Å². The van der Waals surface area contributed by atoms with Crippen molar-refractivity contribution in [1.82, 2.24) is 0 Å². The van der Waals surface area contributed by atoms with Crippen molar-refractivity contribution in [1.29, 1.82) is 5.26 Å². The van der Waals surface area contributed by atoms with E-state index in [0.29, 0.717) is 4.47 Å². The molecule has 1 aromatic carbocycles.